The van der Waals surface area contributed by atoms with Crippen LogP contribution in [0.3, 0.4) is 0 Å². The Morgan fingerprint density at radius 3 is 1.34 bits per heavy atom. The van der Waals surface area contributed by atoms with Gasteiger partial charge in [-0.1, -0.05) is 70.4 Å². The first-order chi connectivity index (χ1) is 14.1. The minimum Gasteiger partial charge on any atom is -0.481 e. The van der Waals surface area contributed by atoms with Gasteiger partial charge >= 0.3 is 5.97 Å². The second-order valence-corrected chi connectivity index (χ2v) is 6.98. The van der Waals surface area contributed by atoms with Gasteiger partial charge in [-0.05, 0) is 38.5 Å². The lowest BCUT2D eigenvalue weighted by atomic mass is 10.1. The Bertz CT molecular complexity index is 304. The highest BCUT2D eigenvalue weighted by atomic mass is 16.4. The van der Waals surface area contributed by atoms with Crippen LogP contribution in [0, 0.1) is 0 Å². The maximum absolute atomic E-state index is 10.3. The largest absolute Gasteiger partial charge is 0.481 e. The number of hydrogen-bond donors (Lipinski definition) is 5. The predicted molar refractivity (Wildman–Crippen MR) is 120 cm³/mol. The molecule has 5 N–H and O–H groups in total. The highest BCUT2D eigenvalue weighted by Crippen LogP contribution is 2.09. The summed E-state index contributed by atoms with van der Waals surface area (Å²) in [6.07, 6.45) is 21.7. The van der Waals surface area contributed by atoms with E-state index in [0.29, 0.717) is 12.8 Å². The molecular formula is C23H48O6. The van der Waals surface area contributed by atoms with Crippen molar-refractivity contribution in [1.29, 1.82) is 0 Å². The van der Waals surface area contributed by atoms with Crippen LogP contribution < -0.4 is 0 Å². The van der Waals surface area contributed by atoms with Crippen molar-refractivity contribution in [2.24, 2.45) is 0 Å². The van der Waals surface area contributed by atoms with Gasteiger partial charge < -0.3 is 25.5 Å². The first kappa shape index (κ1) is 32.7. The monoisotopic (exact) mass is 420 g/mol. The highest BCUT2D eigenvalue weighted by molar-refractivity contribution is 5.66. The molecule has 0 aromatic rings. The molecule has 0 heterocycles. The minimum atomic E-state index is -0.664. The topological polar surface area (TPSA) is 118 Å². The molecule has 0 bridgehead atoms. The van der Waals surface area contributed by atoms with Gasteiger partial charge in [-0.3, -0.25) is 4.79 Å². The summed E-state index contributed by atoms with van der Waals surface area (Å²) in [7, 11) is 0. The number of aliphatic hydroxyl groups excluding tert-OH is 4. The fourth-order valence-corrected chi connectivity index (χ4v) is 2.42. The first-order valence-corrected chi connectivity index (χ1v) is 11.4. The molecule has 0 fully saturated rings. The number of aliphatic hydroxyl groups is 4. The van der Waals surface area contributed by atoms with Crippen molar-refractivity contribution < 1.29 is 30.3 Å². The van der Waals surface area contributed by atoms with Gasteiger partial charge in [0.15, 0.2) is 0 Å². The van der Waals surface area contributed by atoms with Gasteiger partial charge in [0, 0.05) is 19.6 Å². The van der Waals surface area contributed by atoms with E-state index in [1.165, 1.54) is 70.6 Å². The Morgan fingerprint density at radius 1 is 0.586 bits per heavy atom. The van der Waals surface area contributed by atoms with Gasteiger partial charge in [0.1, 0.15) is 0 Å². The summed E-state index contributed by atoms with van der Waals surface area (Å²) in [5, 5.41) is 39.6. The van der Waals surface area contributed by atoms with E-state index in [1.807, 2.05) is 0 Å². The van der Waals surface area contributed by atoms with E-state index >= 15 is 0 Å². The van der Waals surface area contributed by atoms with E-state index in [-0.39, 0.29) is 26.4 Å². The van der Waals surface area contributed by atoms with Crippen LogP contribution >= 0.6 is 0 Å². The summed E-state index contributed by atoms with van der Waals surface area (Å²) in [4.78, 5) is 10.3. The van der Waals surface area contributed by atoms with E-state index in [4.69, 9.17) is 25.5 Å². The lowest BCUT2D eigenvalue weighted by molar-refractivity contribution is -0.137. The first-order valence-electron chi connectivity index (χ1n) is 11.4. The van der Waals surface area contributed by atoms with E-state index in [9.17, 15) is 4.79 Å². The van der Waals surface area contributed by atoms with Gasteiger partial charge in [0.05, 0.1) is 13.2 Å². The third kappa shape index (κ3) is 46.8. The molecule has 6 heteroatoms. The second-order valence-electron chi connectivity index (χ2n) is 6.98. The average molecular weight is 421 g/mol. The molecule has 0 aromatic carbocycles. The van der Waals surface area contributed by atoms with Crippen LogP contribution in [-0.4, -0.2) is 57.9 Å². The third-order valence-electron chi connectivity index (χ3n) is 4.07. The van der Waals surface area contributed by atoms with Gasteiger partial charge in [-0.25, -0.2) is 0 Å². The van der Waals surface area contributed by atoms with E-state index < -0.39 is 5.97 Å². The molecule has 0 aliphatic heterocycles. The molecule has 0 saturated carbocycles. The van der Waals surface area contributed by atoms with E-state index in [2.05, 4.69) is 19.1 Å². The number of carbonyl (C=O) groups is 1. The fourth-order valence-electron chi connectivity index (χ4n) is 2.42. The number of allylic oxidation sites excluding steroid dienone is 2. The molecule has 176 valence electrons. The Labute approximate surface area is 178 Å². The molecule has 0 spiro atoms. The minimum absolute atomic E-state index is 0.0938. The zero-order valence-electron chi connectivity index (χ0n) is 18.7. The molecule has 0 saturated heterocycles. The van der Waals surface area contributed by atoms with Crippen molar-refractivity contribution in [3.8, 4) is 0 Å². The molecule has 0 atom stereocenters. The molecule has 0 aliphatic carbocycles. The van der Waals surface area contributed by atoms with Crippen LogP contribution in [0.2, 0.25) is 0 Å². The maximum Gasteiger partial charge on any atom is 0.303 e. The van der Waals surface area contributed by atoms with Crippen molar-refractivity contribution in [3.05, 3.63) is 12.2 Å². The molecule has 0 unspecified atom stereocenters. The average Bonchev–Trinajstić information content (AvgIpc) is 2.72. The number of aliphatic carboxylic acids is 1. The number of hydrogen-bond acceptors (Lipinski definition) is 5. The molecule has 0 aromatic heterocycles. The van der Waals surface area contributed by atoms with Crippen LogP contribution in [0.1, 0.15) is 103 Å². The molecule has 0 amide bonds. The summed E-state index contributed by atoms with van der Waals surface area (Å²) in [6.45, 7) is 2.20. The molecule has 0 aliphatic rings. The van der Waals surface area contributed by atoms with Crippen LogP contribution in [0.4, 0.5) is 0 Å². The maximum atomic E-state index is 10.3. The number of carboxylic acid groups (broad SMARTS) is 1. The van der Waals surface area contributed by atoms with Crippen molar-refractivity contribution in [2.75, 3.05) is 26.4 Å². The molecular weight excluding hydrogens is 372 g/mol. The Morgan fingerprint density at radius 2 is 1.00 bits per heavy atom. The quantitative estimate of drug-likeness (QED) is 0.165. The smallest absolute Gasteiger partial charge is 0.303 e. The van der Waals surface area contributed by atoms with Crippen molar-refractivity contribution >= 4 is 5.97 Å². The van der Waals surface area contributed by atoms with Gasteiger partial charge in [0.2, 0.25) is 0 Å². The number of carboxylic acids is 1. The molecule has 29 heavy (non-hydrogen) atoms. The standard InChI is InChI=1S/C18H34O2.C3H8O2.C2H6O2/c1-2-3-4-5-6-7-8-9-10-11-12-13-14-15-16-17-18(19)20;4-2-1-3-5;3-1-2-4/h9-10H,2-8,11-17H2,1H3,(H,19,20);4-5H,1-3H2;3-4H,1-2H2/b10-9-;;. The fraction of sp³-hybridized carbons (Fsp3) is 0.870. The lowest BCUT2D eigenvalue weighted by Gasteiger charge is -1.99. The van der Waals surface area contributed by atoms with Crippen molar-refractivity contribution in [3.63, 3.8) is 0 Å². The van der Waals surface area contributed by atoms with E-state index in [1.54, 1.807) is 0 Å². The lowest BCUT2D eigenvalue weighted by Crippen LogP contribution is -1.93. The summed E-state index contributed by atoms with van der Waals surface area (Å²) in [6, 6.07) is 0. The summed E-state index contributed by atoms with van der Waals surface area (Å²) in [5.41, 5.74) is 0. The zero-order chi connectivity index (χ0) is 22.4. The summed E-state index contributed by atoms with van der Waals surface area (Å²) < 4.78 is 0. The second kappa shape index (κ2) is 34.5. The Balaban J connectivity index is -0.000000623. The molecule has 0 radical (unpaired) electrons. The molecule has 0 rings (SSSR count). The van der Waals surface area contributed by atoms with E-state index in [0.717, 1.165) is 12.8 Å². The van der Waals surface area contributed by atoms with Crippen molar-refractivity contribution in [2.45, 2.75) is 103 Å². The highest BCUT2D eigenvalue weighted by Gasteiger charge is 1.95. The van der Waals surface area contributed by atoms with Gasteiger partial charge in [0.25, 0.3) is 0 Å². The van der Waals surface area contributed by atoms with Gasteiger partial charge in [-0.2, -0.15) is 0 Å². The van der Waals surface area contributed by atoms with Crippen LogP contribution in [-0.2, 0) is 4.79 Å². The number of unbranched alkanes of at least 4 members (excludes halogenated alkanes) is 11. The molecule has 6 nitrogen and oxygen atoms in total. The van der Waals surface area contributed by atoms with Crippen LogP contribution in [0.5, 0.6) is 0 Å². The summed E-state index contributed by atoms with van der Waals surface area (Å²) in [5.74, 6) is -0.664. The normalized spacial score (nSPS) is 10.2. The third-order valence-corrected chi connectivity index (χ3v) is 4.07. The van der Waals surface area contributed by atoms with Gasteiger partial charge in [-0.15, -0.1) is 0 Å². The summed E-state index contributed by atoms with van der Waals surface area (Å²) >= 11 is 0. The SMILES string of the molecule is CCCCCCCC/C=C\CCCCCCCC(=O)O.OCCCO.OCCO. The Hall–Kier alpha value is -0.950. The number of rotatable bonds is 18. The van der Waals surface area contributed by atoms with Crippen LogP contribution in [0.15, 0.2) is 12.2 Å². The Kier molecular flexibility index (Phi) is 39.0. The van der Waals surface area contributed by atoms with Crippen molar-refractivity contribution in [1.82, 2.24) is 0 Å². The zero-order valence-corrected chi connectivity index (χ0v) is 18.7. The predicted octanol–water partition coefficient (Wildman–Crippen LogP) is 4.44. The van der Waals surface area contributed by atoms with Crippen LogP contribution in [0.25, 0.3) is 0 Å².